The second-order valence-corrected chi connectivity index (χ2v) is 7.66. The molecule has 1 fully saturated rings. The van der Waals surface area contributed by atoms with Crippen molar-refractivity contribution >= 4 is 11.7 Å². The summed E-state index contributed by atoms with van der Waals surface area (Å²) in [5, 5.41) is 2.91. The Morgan fingerprint density at radius 3 is 2.71 bits per heavy atom. The van der Waals surface area contributed by atoms with Crippen LogP contribution >= 0.6 is 0 Å². The number of halogens is 2. The van der Waals surface area contributed by atoms with Gasteiger partial charge in [0.2, 0.25) is 5.88 Å². The van der Waals surface area contributed by atoms with Crippen molar-refractivity contribution in [2.24, 2.45) is 0 Å². The van der Waals surface area contributed by atoms with Gasteiger partial charge in [0.1, 0.15) is 11.9 Å². The Labute approximate surface area is 181 Å². The Balaban J connectivity index is 1.53. The summed E-state index contributed by atoms with van der Waals surface area (Å²) in [6, 6.07) is 10.9. The largest absolute Gasteiger partial charge is 0.489 e. The zero-order chi connectivity index (χ0) is 22.4. The summed E-state index contributed by atoms with van der Waals surface area (Å²) >= 11 is 0. The van der Waals surface area contributed by atoms with Gasteiger partial charge in [0.15, 0.2) is 6.61 Å². The van der Waals surface area contributed by atoms with Crippen LogP contribution in [0.3, 0.4) is 0 Å². The minimum Gasteiger partial charge on any atom is -0.489 e. The SMILES string of the molecule is C[C@H](NC(=O)N(C)C)c1ccc(OC2CCN(c3ccnc(OCC(F)F)c3)C2)cc1. The second kappa shape index (κ2) is 10.3. The lowest BCUT2D eigenvalue weighted by molar-refractivity contribution is 0.0796. The van der Waals surface area contributed by atoms with E-state index in [1.165, 1.54) is 4.90 Å². The number of carbonyl (C=O) groups excluding carboxylic acids is 1. The van der Waals surface area contributed by atoms with Gasteiger partial charge in [-0.15, -0.1) is 0 Å². The lowest BCUT2D eigenvalue weighted by atomic mass is 10.1. The fraction of sp³-hybridized carbons (Fsp3) is 0.455. The molecule has 3 rings (SSSR count). The molecule has 9 heteroatoms. The Hall–Kier alpha value is -3.10. The van der Waals surface area contributed by atoms with E-state index in [0.29, 0.717) is 6.54 Å². The number of rotatable bonds is 8. The molecule has 168 valence electrons. The molecular weight excluding hydrogens is 406 g/mol. The second-order valence-electron chi connectivity index (χ2n) is 7.66. The predicted octanol–water partition coefficient (Wildman–Crippen LogP) is 3.72. The lowest BCUT2D eigenvalue weighted by Crippen LogP contribution is -2.36. The number of alkyl halides is 2. The molecule has 0 bridgehead atoms. The predicted molar refractivity (Wildman–Crippen MR) is 114 cm³/mol. The van der Waals surface area contributed by atoms with Crippen molar-refractivity contribution in [3.63, 3.8) is 0 Å². The molecular formula is C22H28F2N4O3. The van der Waals surface area contributed by atoms with E-state index in [0.717, 1.165) is 30.0 Å². The first kappa shape index (κ1) is 22.6. The van der Waals surface area contributed by atoms with Crippen LogP contribution in [0.2, 0.25) is 0 Å². The van der Waals surface area contributed by atoms with Gasteiger partial charge >= 0.3 is 6.03 Å². The highest BCUT2D eigenvalue weighted by Crippen LogP contribution is 2.26. The number of amides is 2. The molecule has 2 atom stereocenters. The molecule has 0 spiro atoms. The third-order valence-corrected chi connectivity index (χ3v) is 5.01. The fourth-order valence-electron chi connectivity index (χ4n) is 3.31. The molecule has 0 saturated carbocycles. The number of benzene rings is 1. The first-order valence-corrected chi connectivity index (χ1v) is 10.2. The number of nitrogens with one attached hydrogen (secondary N) is 1. The smallest absolute Gasteiger partial charge is 0.317 e. The number of hydrogen-bond acceptors (Lipinski definition) is 5. The molecule has 1 saturated heterocycles. The molecule has 2 amide bonds. The minimum atomic E-state index is -2.53. The van der Waals surface area contributed by atoms with Crippen molar-refractivity contribution in [1.29, 1.82) is 0 Å². The van der Waals surface area contributed by atoms with Crippen molar-refractivity contribution in [2.75, 3.05) is 38.7 Å². The number of nitrogens with zero attached hydrogens (tertiary/aromatic N) is 3. The summed E-state index contributed by atoms with van der Waals surface area (Å²) in [6.45, 7) is 2.72. The Bertz CT molecular complexity index is 864. The molecule has 7 nitrogen and oxygen atoms in total. The summed E-state index contributed by atoms with van der Waals surface area (Å²) in [5.74, 6) is 0.950. The molecule has 1 unspecified atom stereocenters. The highest BCUT2D eigenvalue weighted by molar-refractivity contribution is 5.74. The number of pyridine rings is 1. The number of aromatic nitrogens is 1. The van der Waals surface area contributed by atoms with Crippen LogP contribution in [-0.2, 0) is 0 Å². The van der Waals surface area contributed by atoms with Gasteiger partial charge in [0, 0.05) is 45.0 Å². The van der Waals surface area contributed by atoms with Gasteiger partial charge in [-0.2, -0.15) is 0 Å². The zero-order valence-electron chi connectivity index (χ0n) is 17.9. The van der Waals surface area contributed by atoms with Crippen molar-refractivity contribution in [1.82, 2.24) is 15.2 Å². The van der Waals surface area contributed by atoms with Crippen LogP contribution in [0.1, 0.15) is 24.9 Å². The average Bonchev–Trinajstić information content (AvgIpc) is 3.21. The molecule has 31 heavy (non-hydrogen) atoms. The third kappa shape index (κ3) is 6.44. The Kier molecular flexibility index (Phi) is 7.49. The van der Waals surface area contributed by atoms with Gasteiger partial charge in [-0.1, -0.05) is 12.1 Å². The van der Waals surface area contributed by atoms with Crippen LogP contribution in [0, 0.1) is 0 Å². The average molecular weight is 434 g/mol. The van der Waals surface area contributed by atoms with Crippen LogP contribution in [0.15, 0.2) is 42.6 Å². The van der Waals surface area contributed by atoms with Crippen molar-refractivity contribution in [3.05, 3.63) is 48.2 Å². The standard InChI is InChI=1S/C22H28F2N4O3/c1-15(26-22(29)27(2)3)16-4-6-18(7-5-16)31-19-9-11-28(13-19)17-8-10-25-21(12-17)30-14-20(23)24/h4-8,10,12,15,19-20H,9,11,13-14H2,1-3H3,(H,26,29)/t15-,19?/m0/s1. The summed E-state index contributed by atoms with van der Waals surface area (Å²) < 4.78 is 35.8. The van der Waals surface area contributed by atoms with E-state index >= 15 is 0 Å². The van der Waals surface area contributed by atoms with Crippen LogP contribution < -0.4 is 19.7 Å². The summed E-state index contributed by atoms with van der Waals surface area (Å²) in [7, 11) is 3.40. The summed E-state index contributed by atoms with van der Waals surface area (Å²) in [6.07, 6.45) is -0.129. The van der Waals surface area contributed by atoms with E-state index in [2.05, 4.69) is 15.2 Å². The van der Waals surface area contributed by atoms with Gasteiger partial charge < -0.3 is 24.6 Å². The monoisotopic (exact) mass is 434 g/mol. The van der Waals surface area contributed by atoms with E-state index in [-0.39, 0.29) is 24.1 Å². The zero-order valence-corrected chi connectivity index (χ0v) is 17.9. The van der Waals surface area contributed by atoms with Crippen LogP contribution in [0.25, 0.3) is 0 Å². The summed E-state index contributed by atoms with van der Waals surface area (Å²) in [5.41, 5.74) is 1.86. The number of carbonyl (C=O) groups is 1. The highest BCUT2D eigenvalue weighted by Gasteiger charge is 2.25. The van der Waals surface area contributed by atoms with Crippen molar-refractivity contribution in [3.8, 4) is 11.6 Å². The van der Waals surface area contributed by atoms with Crippen LogP contribution in [0.5, 0.6) is 11.6 Å². The van der Waals surface area contributed by atoms with Gasteiger partial charge in [-0.05, 0) is 30.7 Å². The van der Waals surface area contributed by atoms with E-state index in [9.17, 15) is 13.6 Å². The molecule has 1 aliphatic heterocycles. The normalized spacial score (nSPS) is 16.8. The number of urea groups is 1. The summed E-state index contributed by atoms with van der Waals surface area (Å²) in [4.78, 5) is 19.4. The van der Waals surface area contributed by atoms with Gasteiger partial charge in [0.05, 0.1) is 12.6 Å². The minimum absolute atomic E-state index is 0.00955. The Morgan fingerprint density at radius 1 is 1.29 bits per heavy atom. The van der Waals surface area contributed by atoms with Crippen LogP contribution in [0.4, 0.5) is 19.3 Å². The Morgan fingerprint density at radius 2 is 2.03 bits per heavy atom. The maximum atomic E-state index is 12.3. The lowest BCUT2D eigenvalue weighted by Gasteiger charge is -2.20. The molecule has 1 aliphatic rings. The van der Waals surface area contributed by atoms with Gasteiger partial charge in [-0.3, -0.25) is 0 Å². The first-order chi connectivity index (χ1) is 14.8. The van der Waals surface area contributed by atoms with Gasteiger partial charge in [0.25, 0.3) is 6.43 Å². The molecule has 1 N–H and O–H groups in total. The van der Waals surface area contributed by atoms with Crippen molar-refractivity contribution in [2.45, 2.75) is 31.9 Å². The van der Waals surface area contributed by atoms with E-state index < -0.39 is 13.0 Å². The number of ether oxygens (including phenoxy) is 2. The van der Waals surface area contributed by atoms with Crippen LogP contribution in [-0.4, -0.2) is 62.2 Å². The number of anilines is 1. The van der Waals surface area contributed by atoms with E-state index in [1.54, 1.807) is 26.4 Å². The maximum Gasteiger partial charge on any atom is 0.317 e. The topological polar surface area (TPSA) is 66.9 Å². The van der Waals surface area contributed by atoms with E-state index in [1.807, 2.05) is 37.3 Å². The maximum absolute atomic E-state index is 12.3. The molecule has 2 heterocycles. The molecule has 0 radical (unpaired) electrons. The first-order valence-electron chi connectivity index (χ1n) is 10.2. The molecule has 2 aromatic rings. The number of hydrogen-bond donors (Lipinski definition) is 1. The molecule has 1 aromatic carbocycles. The quantitative estimate of drug-likeness (QED) is 0.686. The van der Waals surface area contributed by atoms with Crippen molar-refractivity contribution < 1.29 is 23.0 Å². The molecule has 1 aromatic heterocycles. The highest BCUT2D eigenvalue weighted by atomic mass is 19.3. The van der Waals surface area contributed by atoms with E-state index in [4.69, 9.17) is 9.47 Å². The molecule has 0 aliphatic carbocycles. The van der Waals surface area contributed by atoms with Gasteiger partial charge in [-0.25, -0.2) is 18.6 Å². The fourth-order valence-corrected chi connectivity index (χ4v) is 3.31. The third-order valence-electron chi connectivity index (χ3n) is 5.01.